The lowest BCUT2D eigenvalue weighted by atomic mass is 9.49. The Hall–Kier alpha value is -1.25. The number of hydrogen-bond acceptors (Lipinski definition) is 5. The number of nitrogens with zero attached hydrogens (tertiary/aromatic N) is 2. The number of aliphatic hydroxyl groups is 1. The maximum Gasteiger partial charge on any atom is 0.243 e. The average molecular weight is 435 g/mol. The minimum absolute atomic E-state index is 0.316. The van der Waals surface area contributed by atoms with Gasteiger partial charge in [0.05, 0.1) is 24.2 Å². The van der Waals surface area contributed by atoms with E-state index in [0.717, 1.165) is 12.3 Å². The van der Waals surface area contributed by atoms with Crippen molar-refractivity contribution in [2.45, 2.75) is 37.7 Å². The summed E-state index contributed by atoms with van der Waals surface area (Å²) in [5, 5.41) is 10.4. The predicted molar refractivity (Wildman–Crippen MR) is 117 cm³/mol. The zero-order chi connectivity index (χ0) is 21.4. The van der Waals surface area contributed by atoms with Gasteiger partial charge >= 0.3 is 0 Å². The standard InChI is InChI=1S/C23H34N2O4S/c1-23(2)19-9-8-18(22(23)14-19)16-29-17-20(26)15-24-10-12-25(13-11-24)30(27,28)21-6-4-3-5-7-21/h3-8,19-20,22,26H,9-17H2,1-2H3/t19-,20+,22+/m1/s1. The second-order valence-corrected chi connectivity index (χ2v) is 11.4. The van der Waals surface area contributed by atoms with Crippen molar-refractivity contribution in [1.29, 1.82) is 0 Å². The molecular weight excluding hydrogens is 400 g/mol. The lowest BCUT2D eigenvalue weighted by Crippen LogP contribution is -2.50. The van der Waals surface area contributed by atoms with Gasteiger partial charge in [-0.2, -0.15) is 4.31 Å². The molecule has 1 N–H and O–H groups in total. The van der Waals surface area contributed by atoms with Crippen molar-refractivity contribution >= 4 is 10.0 Å². The summed E-state index contributed by atoms with van der Waals surface area (Å²) in [5.74, 6) is 1.45. The normalized spacial score (nSPS) is 27.9. The molecule has 0 radical (unpaired) electrons. The number of aliphatic hydroxyl groups excluding tert-OH is 1. The van der Waals surface area contributed by atoms with E-state index in [1.807, 2.05) is 6.07 Å². The Kier molecular flexibility index (Phi) is 6.38. The second-order valence-electron chi connectivity index (χ2n) is 9.51. The van der Waals surface area contributed by atoms with Gasteiger partial charge in [-0.25, -0.2) is 8.42 Å². The molecule has 0 aromatic heterocycles. The summed E-state index contributed by atoms with van der Waals surface area (Å²) in [4.78, 5) is 2.45. The number of piperazine rings is 1. The molecule has 1 saturated heterocycles. The molecule has 1 aromatic rings. The van der Waals surface area contributed by atoms with Gasteiger partial charge in [-0.3, -0.25) is 4.90 Å². The third-order valence-corrected chi connectivity index (χ3v) is 9.26. The van der Waals surface area contributed by atoms with E-state index >= 15 is 0 Å². The van der Waals surface area contributed by atoms with Gasteiger partial charge in [0.25, 0.3) is 0 Å². The van der Waals surface area contributed by atoms with Gasteiger partial charge in [0.1, 0.15) is 0 Å². The van der Waals surface area contributed by atoms with Crippen molar-refractivity contribution in [1.82, 2.24) is 9.21 Å². The molecule has 0 spiro atoms. The highest BCUT2D eigenvalue weighted by Crippen LogP contribution is 2.59. The van der Waals surface area contributed by atoms with Crippen LogP contribution in [0.1, 0.15) is 26.7 Å². The van der Waals surface area contributed by atoms with Gasteiger partial charge in [0, 0.05) is 32.7 Å². The molecule has 166 valence electrons. The average Bonchev–Trinajstić information content (AvgIpc) is 2.74. The quantitative estimate of drug-likeness (QED) is 0.636. The molecule has 30 heavy (non-hydrogen) atoms. The number of ether oxygens (including phenoxy) is 1. The van der Waals surface area contributed by atoms with Crippen LogP contribution < -0.4 is 0 Å². The number of allylic oxidation sites excluding steroid dienone is 1. The van der Waals surface area contributed by atoms with Gasteiger partial charge in [-0.15, -0.1) is 0 Å². The summed E-state index contributed by atoms with van der Waals surface area (Å²) in [6.45, 7) is 8.26. The van der Waals surface area contributed by atoms with Crippen LogP contribution in [0.4, 0.5) is 0 Å². The first kappa shape index (κ1) is 22.0. The van der Waals surface area contributed by atoms with Crippen molar-refractivity contribution in [3.05, 3.63) is 42.0 Å². The lowest BCUT2D eigenvalue weighted by molar-refractivity contribution is -0.0268. The Balaban J connectivity index is 1.19. The van der Waals surface area contributed by atoms with E-state index in [-0.39, 0.29) is 0 Å². The monoisotopic (exact) mass is 434 g/mol. The van der Waals surface area contributed by atoms with Crippen LogP contribution in [0.5, 0.6) is 0 Å². The fourth-order valence-corrected chi connectivity index (χ4v) is 6.64. The van der Waals surface area contributed by atoms with E-state index in [1.165, 1.54) is 16.3 Å². The van der Waals surface area contributed by atoms with Crippen LogP contribution in [0, 0.1) is 17.3 Å². The molecule has 1 aliphatic heterocycles. The molecule has 5 rings (SSSR count). The number of rotatable bonds is 8. The summed E-state index contributed by atoms with van der Waals surface area (Å²) in [6.07, 6.45) is 4.21. The molecule has 4 aliphatic rings. The Morgan fingerprint density at radius 2 is 1.87 bits per heavy atom. The van der Waals surface area contributed by atoms with Gasteiger partial charge in [-0.1, -0.05) is 38.1 Å². The van der Waals surface area contributed by atoms with Crippen molar-refractivity contribution in [3.63, 3.8) is 0 Å². The molecule has 6 nitrogen and oxygen atoms in total. The summed E-state index contributed by atoms with van der Waals surface area (Å²) in [6, 6.07) is 8.57. The van der Waals surface area contributed by atoms with Crippen molar-refractivity contribution in [2.75, 3.05) is 45.9 Å². The minimum atomic E-state index is -3.44. The fourth-order valence-electron chi connectivity index (χ4n) is 5.20. The number of benzene rings is 1. The first-order chi connectivity index (χ1) is 14.3. The van der Waals surface area contributed by atoms with E-state index in [0.29, 0.717) is 62.2 Å². The molecule has 7 heteroatoms. The zero-order valence-electron chi connectivity index (χ0n) is 18.0. The number of sulfonamides is 1. The molecule has 0 amide bonds. The molecule has 0 unspecified atom stereocenters. The Labute approximate surface area is 180 Å². The van der Waals surface area contributed by atoms with Crippen LogP contribution in [0.2, 0.25) is 0 Å². The maximum atomic E-state index is 12.7. The highest BCUT2D eigenvalue weighted by Gasteiger charge is 2.50. The summed E-state index contributed by atoms with van der Waals surface area (Å²) in [5.41, 5.74) is 1.79. The van der Waals surface area contributed by atoms with Crippen LogP contribution in [-0.4, -0.2) is 74.8 Å². The molecular formula is C23H34N2O4S. The first-order valence-electron chi connectivity index (χ1n) is 11.0. The predicted octanol–water partition coefficient (Wildman–Crippen LogP) is 2.36. The highest BCUT2D eigenvalue weighted by molar-refractivity contribution is 7.89. The summed E-state index contributed by atoms with van der Waals surface area (Å²) < 4.78 is 32.8. The van der Waals surface area contributed by atoms with E-state index < -0.39 is 16.1 Å². The Morgan fingerprint density at radius 1 is 1.17 bits per heavy atom. The zero-order valence-corrected chi connectivity index (χ0v) is 18.9. The minimum Gasteiger partial charge on any atom is -0.389 e. The fraction of sp³-hybridized carbons (Fsp3) is 0.652. The SMILES string of the molecule is CC1(C)[C@@H]2CC=C(COC[C@@H](O)CN3CCN(S(=O)(=O)c4ccccc4)CC3)[C@@H]1C2. The maximum absolute atomic E-state index is 12.7. The number of β-amino-alcohol motifs (C(OH)–C–C–N with tert-alkyl or cyclic N) is 1. The third kappa shape index (κ3) is 4.36. The van der Waals surface area contributed by atoms with E-state index in [4.69, 9.17) is 4.74 Å². The van der Waals surface area contributed by atoms with Crippen LogP contribution in [0.25, 0.3) is 0 Å². The van der Waals surface area contributed by atoms with Crippen LogP contribution in [0.3, 0.4) is 0 Å². The molecule has 2 bridgehead atoms. The Morgan fingerprint density at radius 3 is 2.50 bits per heavy atom. The number of hydrogen-bond donors (Lipinski definition) is 1. The summed E-state index contributed by atoms with van der Waals surface area (Å²) >= 11 is 0. The molecule has 1 heterocycles. The van der Waals surface area contributed by atoms with E-state index in [9.17, 15) is 13.5 Å². The van der Waals surface area contributed by atoms with Crippen molar-refractivity contribution < 1.29 is 18.3 Å². The van der Waals surface area contributed by atoms with E-state index in [2.05, 4.69) is 24.8 Å². The molecule has 2 fully saturated rings. The van der Waals surface area contributed by atoms with Crippen LogP contribution in [0.15, 0.2) is 46.9 Å². The molecule has 3 atom stereocenters. The van der Waals surface area contributed by atoms with E-state index in [1.54, 1.807) is 24.3 Å². The largest absolute Gasteiger partial charge is 0.389 e. The van der Waals surface area contributed by atoms with Gasteiger partial charge in [-0.05, 0) is 47.8 Å². The lowest BCUT2D eigenvalue weighted by Gasteiger charge is -2.56. The van der Waals surface area contributed by atoms with Crippen molar-refractivity contribution in [3.8, 4) is 0 Å². The van der Waals surface area contributed by atoms with Gasteiger partial charge in [0.15, 0.2) is 0 Å². The highest BCUT2D eigenvalue weighted by atomic mass is 32.2. The van der Waals surface area contributed by atoms with Crippen molar-refractivity contribution in [2.24, 2.45) is 17.3 Å². The molecule has 3 aliphatic carbocycles. The summed E-state index contributed by atoms with van der Waals surface area (Å²) in [7, 11) is -3.44. The topological polar surface area (TPSA) is 70.1 Å². The Bertz CT molecular complexity index is 860. The van der Waals surface area contributed by atoms with Crippen LogP contribution >= 0.6 is 0 Å². The van der Waals surface area contributed by atoms with Gasteiger partial charge in [0.2, 0.25) is 10.0 Å². The smallest absolute Gasteiger partial charge is 0.243 e. The van der Waals surface area contributed by atoms with Crippen LogP contribution in [-0.2, 0) is 14.8 Å². The number of fused-ring (bicyclic) bond motifs is 1. The second kappa shape index (κ2) is 8.71. The van der Waals surface area contributed by atoms with Gasteiger partial charge < -0.3 is 9.84 Å². The third-order valence-electron chi connectivity index (χ3n) is 7.34. The molecule has 1 aromatic carbocycles. The molecule has 1 saturated carbocycles. The first-order valence-corrected chi connectivity index (χ1v) is 12.4.